The summed E-state index contributed by atoms with van der Waals surface area (Å²) in [7, 11) is -3.72. The van der Waals surface area contributed by atoms with E-state index >= 15 is 0 Å². The van der Waals surface area contributed by atoms with E-state index in [4.69, 9.17) is 12.2 Å². The second-order valence-electron chi connectivity index (χ2n) is 6.21. The lowest BCUT2D eigenvalue weighted by atomic mass is 10.4. The highest BCUT2D eigenvalue weighted by Crippen LogP contribution is 2.13. The van der Waals surface area contributed by atoms with E-state index in [0.29, 0.717) is 37.4 Å². The molecule has 0 unspecified atom stereocenters. The second-order valence-corrected chi connectivity index (χ2v) is 8.53. The molecule has 29 heavy (non-hydrogen) atoms. The maximum absolute atomic E-state index is 12.6. The number of amides is 1. The van der Waals surface area contributed by atoms with E-state index < -0.39 is 21.5 Å². The quantitative estimate of drug-likeness (QED) is 0.517. The third kappa shape index (κ3) is 5.40. The van der Waals surface area contributed by atoms with Gasteiger partial charge >= 0.3 is 0 Å². The average Bonchev–Trinajstić information content (AvgIpc) is 3.03. The highest BCUT2D eigenvalue weighted by molar-refractivity contribution is 7.89. The van der Waals surface area contributed by atoms with Crippen molar-refractivity contribution in [2.24, 2.45) is 0 Å². The van der Waals surface area contributed by atoms with Crippen LogP contribution in [0.5, 0.6) is 0 Å². The van der Waals surface area contributed by atoms with Crippen molar-refractivity contribution in [2.75, 3.05) is 19.6 Å². The summed E-state index contributed by atoms with van der Waals surface area (Å²) in [4.78, 5) is 24.3. The fourth-order valence-electron chi connectivity index (χ4n) is 2.89. The van der Waals surface area contributed by atoms with E-state index in [1.54, 1.807) is 13.8 Å². The Morgan fingerprint density at radius 1 is 1.28 bits per heavy atom. The number of pyridine rings is 1. The molecule has 0 fully saturated rings. The summed E-state index contributed by atoms with van der Waals surface area (Å²) >= 11 is 5.12. The topological polar surface area (TPSA) is 122 Å². The van der Waals surface area contributed by atoms with Gasteiger partial charge < -0.3 is 14.5 Å². The molecule has 2 heterocycles. The summed E-state index contributed by atoms with van der Waals surface area (Å²) in [5.41, 5.74) is -0.453. The Hall–Kier alpha value is -2.31. The number of sulfonamides is 1. The van der Waals surface area contributed by atoms with Gasteiger partial charge in [0, 0.05) is 44.9 Å². The lowest BCUT2D eigenvalue weighted by molar-refractivity contribution is -0.121. The fourth-order valence-corrected chi connectivity index (χ4v) is 4.65. The molecular formula is C17H26N6O4S2. The number of aromatic nitrogens is 4. The van der Waals surface area contributed by atoms with E-state index in [2.05, 4.69) is 15.5 Å². The molecule has 0 bridgehead atoms. The number of rotatable bonds is 10. The van der Waals surface area contributed by atoms with Crippen molar-refractivity contribution in [2.45, 2.75) is 45.2 Å². The Kier molecular flexibility index (Phi) is 7.88. The molecule has 2 N–H and O–H groups in total. The maximum atomic E-state index is 12.6. The zero-order valence-electron chi connectivity index (χ0n) is 16.7. The molecule has 0 radical (unpaired) electrons. The smallest absolute Gasteiger partial charge is 0.251 e. The third-order valence-corrected chi connectivity index (χ3v) is 6.78. The number of carbonyl (C=O) groups is 1. The normalized spacial score (nSPS) is 11.7. The van der Waals surface area contributed by atoms with E-state index in [9.17, 15) is 18.0 Å². The van der Waals surface area contributed by atoms with Crippen molar-refractivity contribution in [1.29, 1.82) is 0 Å². The molecule has 0 spiro atoms. The van der Waals surface area contributed by atoms with Crippen LogP contribution in [0.3, 0.4) is 0 Å². The van der Waals surface area contributed by atoms with Gasteiger partial charge in [-0.1, -0.05) is 13.8 Å². The van der Waals surface area contributed by atoms with Crippen LogP contribution in [0.2, 0.25) is 0 Å². The monoisotopic (exact) mass is 442 g/mol. The van der Waals surface area contributed by atoms with Crippen molar-refractivity contribution >= 4 is 28.1 Å². The number of aromatic amines is 1. The zero-order chi connectivity index (χ0) is 21.6. The first-order chi connectivity index (χ1) is 13.7. The fraction of sp³-hybridized carbons (Fsp3) is 0.529. The van der Waals surface area contributed by atoms with Crippen molar-refractivity contribution < 1.29 is 13.2 Å². The van der Waals surface area contributed by atoms with Gasteiger partial charge in [0.2, 0.25) is 15.9 Å². The first-order valence-electron chi connectivity index (χ1n) is 9.35. The summed E-state index contributed by atoms with van der Waals surface area (Å²) in [6, 6.07) is 2.42. The number of nitrogens with zero attached hydrogens (tertiary/aromatic N) is 4. The maximum Gasteiger partial charge on any atom is 0.251 e. The highest BCUT2D eigenvalue weighted by atomic mass is 32.2. The van der Waals surface area contributed by atoms with Crippen molar-refractivity contribution in [1.82, 2.24) is 29.0 Å². The summed E-state index contributed by atoms with van der Waals surface area (Å²) in [6.07, 6.45) is 1.68. The Balaban J connectivity index is 2.06. The minimum Gasteiger partial charge on any atom is -0.354 e. The Morgan fingerprint density at radius 2 is 1.97 bits per heavy atom. The summed E-state index contributed by atoms with van der Waals surface area (Å²) in [5.74, 6) is 0.323. The predicted molar refractivity (Wildman–Crippen MR) is 111 cm³/mol. The van der Waals surface area contributed by atoms with Crippen LogP contribution in [0.4, 0.5) is 0 Å². The summed E-state index contributed by atoms with van der Waals surface area (Å²) < 4.78 is 30.0. The second kappa shape index (κ2) is 9.94. The third-order valence-electron chi connectivity index (χ3n) is 4.44. The van der Waals surface area contributed by atoms with Gasteiger partial charge in [-0.3, -0.25) is 14.7 Å². The minimum atomic E-state index is -3.72. The molecule has 0 aromatic carbocycles. The molecule has 0 saturated heterocycles. The van der Waals surface area contributed by atoms with Crippen LogP contribution in [0.25, 0.3) is 0 Å². The van der Waals surface area contributed by atoms with Gasteiger partial charge in [0.25, 0.3) is 5.56 Å². The van der Waals surface area contributed by atoms with Crippen molar-refractivity contribution in [3.63, 3.8) is 0 Å². The van der Waals surface area contributed by atoms with Crippen LogP contribution in [0.15, 0.2) is 28.0 Å². The van der Waals surface area contributed by atoms with Crippen LogP contribution >= 0.6 is 12.2 Å². The molecule has 0 aliphatic carbocycles. The zero-order valence-corrected chi connectivity index (χ0v) is 18.3. The first-order valence-corrected chi connectivity index (χ1v) is 11.2. The van der Waals surface area contributed by atoms with Crippen molar-refractivity contribution in [3.8, 4) is 0 Å². The highest BCUT2D eigenvalue weighted by Gasteiger charge is 2.22. The lowest BCUT2D eigenvalue weighted by Crippen LogP contribution is -2.35. The molecule has 2 aromatic rings. The standard InChI is InChI=1S/C17H26N6O4S2/c1-4-22(5-2)29(26,27)13-7-8-16(25)21(11-13)12-15(24)18-10-9-14-19-20-17(28)23(14)6-3/h7-8,11H,4-6,9-10,12H2,1-3H3,(H,18,24)(H,20,28). The molecule has 160 valence electrons. The van der Waals surface area contributed by atoms with E-state index in [0.717, 1.165) is 16.5 Å². The molecular weight excluding hydrogens is 416 g/mol. The largest absolute Gasteiger partial charge is 0.354 e. The van der Waals surface area contributed by atoms with Crippen LogP contribution < -0.4 is 10.9 Å². The van der Waals surface area contributed by atoms with Gasteiger partial charge in [0.05, 0.1) is 4.90 Å². The number of hydrogen-bond donors (Lipinski definition) is 2. The van der Waals surface area contributed by atoms with Crippen LogP contribution in [0.1, 0.15) is 26.6 Å². The minimum absolute atomic E-state index is 0.0212. The SMILES string of the molecule is CCN(CC)S(=O)(=O)c1ccc(=O)n(CC(=O)NCCc2n[nH]c(=S)n2CC)c1. The molecule has 12 heteroatoms. The summed E-state index contributed by atoms with van der Waals surface area (Å²) in [5, 5.41) is 9.54. The van der Waals surface area contributed by atoms with Gasteiger partial charge in [0.1, 0.15) is 12.4 Å². The summed E-state index contributed by atoms with van der Waals surface area (Å²) in [6.45, 7) is 6.75. The Morgan fingerprint density at radius 3 is 2.59 bits per heavy atom. The molecule has 2 aromatic heterocycles. The lowest BCUT2D eigenvalue weighted by Gasteiger charge is -2.19. The predicted octanol–water partition coefficient (Wildman–Crippen LogP) is 0.512. The number of nitrogens with one attached hydrogen (secondary N) is 2. The molecule has 0 saturated carbocycles. The van der Waals surface area contributed by atoms with Gasteiger partial charge in [-0.05, 0) is 25.2 Å². The number of H-pyrrole nitrogens is 1. The Bertz CT molecular complexity index is 1070. The van der Waals surface area contributed by atoms with E-state index in [-0.39, 0.29) is 11.4 Å². The molecule has 1 amide bonds. The van der Waals surface area contributed by atoms with E-state index in [1.807, 2.05) is 11.5 Å². The van der Waals surface area contributed by atoms with Crippen LogP contribution in [-0.2, 0) is 34.3 Å². The molecule has 2 rings (SSSR count). The van der Waals surface area contributed by atoms with Crippen molar-refractivity contribution in [3.05, 3.63) is 39.3 Å². The van der Waals surface area contributed by atoms with Gasteiger partial charge in [-0.15, -0.1) is 0 Å². The number of carbonyl (C=O) groups excluding carboxylic acids is 1. The van der Waals surface area contributed by atoms with Gasteiger partial charge in [-0.2, -0.15) is 9.40 Å². The molecule has 0 atom stereocenters. The van der Waals surface area contributed by atoms with Crippen LogP contribution in [-0.4, -0.2) is 57.6 Å². The van der Waals surface area contributed by atoms with Gasteiger partial charge in [-0.25, -0.2) is 8.42 Å². The van der Waals surface area contributed by atoms with Crippen LogP contribution in [0, 0.1) is 4.77 Å². The van der Waals surface area contributed by atoms with Gasteiger partial charge in [0.15, 0.2) is 4.77 Å². The molecule has 10 nitrogen and oxygen atoms in total. The molecule has 0 aliphatic rings. The molecule has 0 aliphatic heterocycles. The van der Waals surface area contributed by atoms with E-state index in [1.165, 1.54) is 16.6 Å². The number of hydrogen-bond acceptors (Lipinski definition) is 6. The Labute approximate surface area is 174 Å². The first kappa shape index (κ1) is 23.0. The average molecular weight is 443 g/mol.